The van der Waals surface area contributed by atoms with E-state index in [2.05, 4.69) is 15.5 Å². The van der Waals surface area contributed by atoms with Gasteiger partial charge in [-0.1, -0.05) is 0 Å². The Bertz CT molecular complexity index is 738. The average Bonchev–Trinajstić information content (AvgIpc) is 2.94. The minimum atomic E-state index is -0.457. The molecule has 1 aromatic carbocycles. The van der Waals surface area contributed by atoms with Crippen molar-refractivity contribution < 1.29 is 9.72 Å². The van der Waals surface area contributed by atoms with Crippen LogP contribution in [-0.4, -0.2) is 26.9 Å². The number of aromatic amines is 1. The van der Waals surface area contributed by atoms with Crippen molar-refractivity contribution in [2.24, 2.45) is 0 Å². The average molecular weight is 300 g/mol. The molecular weight excluding hydrogens is 284 g/mol. The summed E-state index contributed by atoms with van der Waals surface area (Å²) in [5.41, 5.74) is 3.02. The first-order chi connectivity index (χ1) is 10.5. The number of aromatic nitrogens is 2. The van der Waals surface area contributed by atoms with Gasteiger partial charge in [-0.15, -0.1) is 0 Å². The number of hydrogen-bond donors (Lipinski definition) is 2. The molecule has 0 bridgehead atoms. The summed E-state index contributed by atoms with van der Waals surface area (Å²) in [5, 5.41) is 21.5. The van der Waals surface area contributed by atoms with E-state index < -0.39 is 4.92 Å². The molecule has 22 heavy (non-hydrogen) atoms. The zero-order valence-corrected chi connectivity index (χ0v) is 12.1. The standard InChI is InChI=1S/C15H16N4O3/c1-9(20)10-2-4-14(15(7-10)19(21)22)17-12-3-5-13-11(6-12)8-16-18-13/h2,4,7-8,12,17H,3,5-6H2,1H3,(H,16,18). The first-order valence-electron chi connectivity index (χ1n) is 7.11. The molecule has 0 fully saturated rings. The van der Waals surface area contributed by atoms with E-state index >= 15 is 0 Å². The predicted octanol–water partition coefficient (Wildman–Crippen LogP) is 2.49. The van der Waals surface area contributed by atoms with Crippen molar-refractivity contribution in [3.63, 3.8) is 0 Å². The number of Topliss-reactive ketones (excluding diaryl/α,β-unsaturated/α-hetero) is 1. The summed E-state index contributed by atoms with van der Waals surface area (Å²) >= 11 is 0. The second kappa shape index (κ2) is 5.59. The minimum absolute atomic E-state index is 0.0642. The van der Waals surface area contributed by atoms with Gasteiger partial charge in [0.05, 0.1) is 11.1 Å². The van der Waals surface area contributed by atoms with E-state index in [4.69, 9.17) is 0 Å². The first kappa shape index (κ1) is 14.2. The van der Waals surface area contributed by atoms with E-state index in [0.29, 0.717) is 11.3 Å². The maximum Gasteiger partial charge on any atom is 0.293 e. The number of anilines is 1. The number of nitro benzene ring substituents is 1. The fraction of sp³-hybridized carbons (Fsp3) is 0.333. The molecule has 0 saturated heterocycles. The van der Waals surface area contributed by atoms with Gasteiger partial charge in [-0.05, 0) is 43.9 Å². The van der Waals surface area contributed by atoms with E-state index in [1.165, 1.54) is 13.0 Å². The molecule has 7 heteroatoms. The lowest BCUT2D eigenvalue weighted by atomic mass is 9.93. The molecule has 1 unspecified atom stereocenters. The molecule has 1 aromatic heterocycles. The zero-order valence-electron chi connectivity index (χ0n) is 12.1. The maximum atomic E-state index is 11.4. The molecule has 0 radical (unpaired) electrons. The van der Waals surface area contributed by atoms with Crippen LogP contribution in [0.1, 0.15) is 35.0 Å². The van der Waals surface area contributed by atoms with Crippen molar-refractivity contribution >= 4 is 17.2 Å². The summed E-state index contributed by atoms with van der Waals surface area (Å²) in [4.78, 5) is 22.2. The fourth-order valence-electron chi connectivity index (χ4n) is 2.78. The fourth-order valence-corrected chi connectivity index (χ4v) is 2.78. The van der Waals surface area contributed by atoms with Gasteiger partial charge in [0, 0.05) is 23.4 Å². The topological polar surface area (TPSA) is 101 Å². The lowest BCUT2D eigenvalue weighted by Gasteiger charge is -2.23. The maximum absolute atomic E-state index is 11.4. The van der Waals surface area contributed by atoms with Crippen LogP contribution in [0.2, 0.25) is 0 Å². The van der Waals surface area contributed by atoms with Gasteiger partial charge >= 0.3 is 0 Å². The SMILES string of the molecule is CC(=O)c1ccc(NC2CCc3[nH]ncc3C2)c([N+](=O)[O-])c1. The summed E-state index contributed by atoms with van der Waals surface area (Å²) in [6.07, 6.45) is 4.32. The number of benzene rings is 1. The van der Waals surface area contributed by atoms with Crippen molar-refractivity contribution in [3.05, 3.63) is 51.3 Å². The Morgan fingerprint density at radius 3 is 3.05 bits per heavy atom. The lowest BCUT2D eigenvalue weighted by molar-refractivity contribution is -0.384. The number of nitro groups is 1. The minimum Gasteiger partial charge on any atom is -0.376 e. The number of rotatable bonds is 4. The molecule has 0 spiro atoms. The normalized spacial score (nSPS) is 16.9. The highest BCUT2D eigenvalue weighted by Gasteiger charge is 2.23. The molecule has 2 aromatic rings. The van der Waals surface area contributed by atoms with Crippen molar-refractivity contribution in [3.8, 4) is 0 Å². The van der Waals surface area contributed by atoms with Crippen LogP contribution in [0.4, 0.5) is 11.4 Å². The van der Waals surface area contributed by atoms with Gasteiger partial charge in [-0.3, -0.25) is 20.0 Å². The smallest absolute Gasteiger partial charge is 0.293 e. The molecule has 0 saturated carbocycles. The quantitative estimate of drug-likeness (QED) is 0.513. The largest absolute Gasteiger partial charge is 0.376 e. The molecule has 1 atom stereocenters. The number of aryl methyl sites for hydroxylation is 1. The Balaban J connectivity index is 1.83. The molecule has 3 rings (SSSR count). The summed E-state index contributed by atoms with van der Waals surface area (Å²) in [7, 11) is 0. The highest BCUT2D eigenvalue weighted by Crippen LogP contribution is 2.29. The van der Waals surface area contributed by atoms with Crippen molar-refractivity contribution in [2.45, 2.75) is 32.2 Å². The van der Waals surface area contributed by atoms with Crippen molar-refractivity contribution in [1.82, 2.24) is 10.2 Å². The Morgan fingerprint density at radius 2 is 2.32 bits per heavy atom. The number of H-pyrrole nitrogens is 1. The van der Waals surface area contributed by atoms with Gasteiger partial charge in [-0.25, -0.2) is 0 Å². The van der Waals surface area contributed by atoms with Crippen LogP contribution in [0.5, 0.6) is 0 Å². The molecule has 7 nitrogen and oxygen atoms in total. The molecule has 0 aliphatic heterocycles. The second-order valence-electron chi connectivity index (χ2n) is 5.50. The third-order valence-electron chi connectivity index (χ3n) is 3.98. The summed E-state index contributed by atoms with van der Waals surface area (Å²) in [6, 6.07) is 4.67. The third kappa shape index (κ3) is 2.69. The number of hydrogen-bond acceptors (Lipinski definition) is 5. The van der Waals surface area contributed by atoms with Gasteiger partial charge in [0.15, 0.2) is 5.78 Å². The molecule has 1 aliphatic rings. The highest BCUT2D eigenvalue weighted by molar-refractivity contribution is 5.95. The van der Waals surface area contributed by atoms with Gasteiger partial charge < -0.3 is 5.32 Å². The monoisotopic (exact) mass is 300 g/mol. The van der Waals surface area contributed by atoms with Crippen LogP contribution in [0, 0.1) is 10.1 Å². The second-order valence-corrected chi connectivity index (χ2v) is 5.50. The van der Waals surface area contributed by atoms with E-state index in [1.807, 2.05) is 0 Å². The highest BCUT2D eigenvalue weighted by atomic mass is 16.6. The van der Waals surface area contributed by atoms with E-state index in [9.17, 15) is 14.9 Å². The number of ketones is 1. The molecule has 114 valence electrons. The van der Waals surface area contributed by atoms with Gasteiger partial charge in [0.25, 0.3) is 5.69 Å². The predicted molar refractivity (Wildman–Crippen MR) is 81.1 cm³/mol. The van der Waals surface area contributed by atoms with Crippen LogP contribution in [0.3, 0.4) is 0 Å². The molecule has 2 N–H and O–H groups in total. The Kier molecular flexibility index (Phi) is 3.62. The van der Waals surface area contributed by atoms with Gasteiger partial charge in [0.1, 0.15) is 5.69 Å². The van der Waals surface area contributed by atoms with E-state index in [1.54, 1.807) is 18.3 Å². The Morgan fingerprint density at radius 1 is 1.50 bits per heavy atom. The molecule has 1 aliphatic carbocycles. The Hall–Kier alpha value is -2.70. The van der Waals surface area contributed by atoms with Gasteiger partial charge in [-0.2, -0.15) is 5.10 Å². The summed E-state index contributed by atoms with van der Waals surface area (Å²) in [6.45, 7) is 1.40. The van der Waals surface area contributed by atoms with Crippen molar-refractivity contribution in [2.75, 3.05) is 5.32 Å². The number of nitrogens with zero attached hydrogens (tertiary/aromatic N) is 2. The lowest BCUT2D eigenvalue weighted by Crippen LogP contribution is -2.27. The number of carbonyl (C=O) groups is 1. The van der Waals surface area contributed by atoms with Crippen LogP contribution < -0.4 is 5.32 Å². The van der Waals surface area contributed by atoms with Crippen molar-refractivity contribution in [1.29, 1.82) is 0 Å². The Labute approximate surface area is 126 Å². The molecule has 1 heterocycles. The van der Waals surface area contributed by atoms with Crippen LogP contribution in [0.25, 0.3) is 0 Å². The van der Waals surface area contributed by atoms with Crippen LogP contribution in [0.15, 0.2) is 24.4 Å². The van der Waals surface area contributed by atoms with E-state index in [0.717, 1.165) is 30.5 Å². The first-order valence-corrected chi connectivity index (χ1v) is 7.11. The third-order valence-corrected chi connectivity index (χ3v) is 3.98. The molecule has 0 amide bonds. The number of nitrogens with one attached hydrogen (secondary N) is 2. The number of fused-ring (bicyclic) bond motifs is 1. The van der Waals surface area contributed by atoms with E-state index in [-0.39, 0.29) is 17.5 Å². The molecular formula is C15H16N4O3. The van der Waals surface area contributed by atoms with Crippen LogP contribution >= 0.6 is 0 Å². The van der Waals surface area contributed by atoms with Gasteiger partial charge in [0.2, 0.25) is 0 Å². The summed E-state index contributed by atoms with van der Waals surface area (Å²) in [5.74, 6) is -0.185. The van der Waals surface area contributed by atoms with Crippen LogP contribution in [-0.2, 0) is 12.8 Å². The zero-order chi connectivity index (χ0) is 15.7. The number of carbonyl (C=O) groups excluding carboxylic acids is 1. The summed E-state index contributed by atoms with van der Waals surface area (Å²) < 4.78 is 0.